The van der Waals surface area contributed by atoms with E-state index >= 15 is 0 Å². The molecule has 0 amide bonds. The fourth-order valence-corrected chi connectivity index (χ4v) is 1.59. The number of benzene rings is 1. The predicted octanol–water partition coefficient (Wildman–Crippen LogP) is 1.97. The molecule has 0 saturated carbocycles. The lowest BCUT2D eigenvalue weighted by atomic mass is 10.1. The van der Waals surface area contributed by atoms with Crippen molar-refractivity contribution < 1.29 is 8.42 Å². The number of rotatable bonds is 5. The second-order valence-corrected chi connectivity index (χ2v) is 3.91. The zero-order valence-corrected chi connectivity index (χ0v) is 9.09. The summed E-state index contributed by atoms with van der Waals surface area (Å²) in [7, 11) is -2.55. The van der Waals surface area contributed by atoms with Crippen LogP contribution in [0.1, 0.15) is 25.3 Å². The van der Waals surface area contributed by atoms with Crippen molar-refractivity contribution in [2.24, 2.45) is 0 Å². The molecule has 1 aromatic carbocycles. The molecule has 4 heteroatoms. The number of nitrogens with one attached hydrogen (secondary N) is 1. The van der Waals surface area contributed by atoms with Crippen LogP contribution in [-0.2, 0) is 17.3 Å². The molecule has 0 aliphatic carbocycles. The fourth-order valence-electron chi connectivity index (χ4n) is 1.23. The van der Waals surface area contributed by atoms with E-state index in [1.54, 1.807) is 12.1 Å². The Balaban J connectivity index is 2.59. The Kier molecular flexibility index (Phi) is 4.46. The molecule has 0 bridgehead atoms. The van der Waals surface area contributed by atoms with Crippen LogP contribution in [-0.4, -0.2) is 8.42 Å². The molecule has 1 N–H and O–H groups in total. The highest BCUT2D eigenvalue weighted by atomic mass is 32.2. The van der Waals surface area contributed by atoms with Gasteiger partial charge in [-0.3, -0.25) is 4.72 Å². The van der Waals surface area contributed by atoms with Crippen molar-refractivity contribution in [2.75, 3.05) is 4.72 Å². The summed E-state index contributed by atoms with van der Waals surface area (Å²) in [5.74, 6) is 0. The van der Waals surface area contributed by atoms with E-state index < -0.39 is 10.9 Å². The second-order valence-electron chi connectivity index (χ2n) is 3.17. The molecule has 1 aromatic rings. The SMILES string of the molecule is CCCCc1ccc(N[SH](=O)=O)cc1. The monoisotopic (exact) mass is 213 g/mol. The molecule has 0 radical (unpaired) electrons. The summed E-state index contributed by atoms with van der Waals surface area (Å²) in [5, 5.41) is 0. The van der Waals surface area contributed by atoms with E-state index in [4.69, 9.17) is 0 Å². The topological polar surface area (TPSA) is 46.2 Å². The van der Waals surface area contributed by atoms with Gasteiger partial charge < -0.3 is 0 Å². The minimum Gasteiger partial charge on any atom is -0.286 e. The molecule has 1 rings (SSSR count). The van der Waals surface area contributed by atoms with Crippen molar-refractivity contribution >= 4 is 16.6 Å². The maximum absolute atomic E-state index is 10.4. The molecule has 0 aliphatic rings. The van der Waals surface area contributed by atoms with Crippen molar-refractivity contribution in [3.63, 3.8) is 0 Å². The third-order valence-corrected chi connectivity index (χ3v) is 2.43. The van der Waals surface area contributed by atoms with E-state index in [1.165, 1.54) is 18.4 Å². The minimum absolute atomic E-state index is 0.626. The zero-order chi connectivity index (χ0) is 10.4. The summed E-state index contributed by atoms with van der Waals surface area (Å²) >= 11 is 0. The molecule has 0 aromatic heterocycles. The quantitative estimate of drug-likeness (QED) is 0.734. The molecular formula is C10H15NO2S. The van der Waals surface area contributed by atoms with Gasteiger partial charge in [-0.1, -0.05) is 25.5 Å². The van der Waals surface area contributed by atoms with Crippen LogP contribution in [0, 0.1) is 0 Å². The molecule has 0 aliphatic heterocycles. The van der Waals surface area contributed by atoms with Gasteiger partial charge in [0, 0.05) is 5.69 Å². The predicted molar refractivity (Wildman–Crippen MR) is 59.0 cm³/mol. The average molecular weight is 213 g/mol. The summed E-state index contributed by atoms with van der Waals surface area (Å²) in [5.41, 5.74) is 1.87. The Hall–Kier alpha value is -1.03. The van der Waals surface area contributed by atoms with Crippen molar-refractivity contribution in [2.45, 2.75) is 26.2 Å². The molecule has 78 valence electrons. The van der Waals surface area contributed by atoms with Gasteiger partial charge in [0.05, 0.1) is 0 Å². The van der Waals surface area contributed by atoms with Gasteiger partial charge in [0.1, 0.15) is 0 Å². The summed E-state index contributed by atoms with van der Waals surface area (Å²) in [6, 6.07) is 7.49. The van der Waals surface area contributed by atoms with Gasteiger partial charge in [-0.25, -0.2) is 8.42 Å². The van der Waals surface area contributed by atoms with Gasteiger partial charge in [0.2, 0.25) is 10.9 Å². The Labute approximate surface area is 86.2 Å². The summed E-state index contributed by atoms with van der Waals surface area (Å²) in [6.45, 7) is 2.15. The van der Waals surface area contributed by atoms with Gasteiger partial charge in [-0.2, -0.15) is 0 Å². The molecule has 14 heavy (non-hydrogen) atoms. The third-order valence-electron chi connectivity index (χ3n) is 1.99. The van der Waals surface area contributed by atoms with Crippen LogP contribution in [0.2, 0.25) is 0 Å². The third kappa shape index (κ3) is 3.79. The molecule has 0 atom stereocenters. The average Bonchev–Trinajstić information content (AvgIpc) is 2.16. The Morgan fingerprint density at radius 2 is 1.86 bits per heavy atom. The lowest BCUT2D eigenvalue weighted by molar-refractivity contribution is 0.619. The first-order chi connectivity index (χ1) is 6.72. The second kappa shape index (κ2) is 5.65. The molecule has 0 saturated heterocycles. The first-order valence-electron chi connectivity index (χ1n) is 4.72. The molecule has 0 heterocycles. The first kappa shape index (κ1) is 11.0. The highest BCUT2D eigenvalue weighted by Gasteiger charge is 1.94. The molecule has 0 unspecified atom stereocenters. The number of aryl methyl sites for hydroxylation is 1. The van der Waals surface area contributed by atoms with Gasteiger partial charge in [-0.05, 0) is 30.5 Å². The Morgan fingerprint density at radius 3 is 2.36 bits per heavy atom. The number of hydrogen-bond acceptors (Lipinski definition) is 2. The largest absolute Gasteiger partial charge is 0.286 e. The van der Waals surface area contributed by atoms with E-state index in [-0.39, 0.29) is 0 Å². The fraction of sp³-hybridized carbons (Fsp3) is 0.400. The summed E-state index contributed by atoms with van der Waals surface area (Å²) < 4.78 is 23.0. The Morgan fingerprint density at radius 1 is 1.21 bits per heavy atom. The van der Waals surface area contributed by atoms with E-state index in [9.17, 15) is 8.42 Å². The van der Waals surface area contributed by atoms with Gasteiger partial charge in [0.25, 0.3) is 0 Å². The van der Waals surface area contributed by atoms with Gasteiger partial charge >= 0.3 is 0 Å². The van der Waals surface area contributed by atoms with Crippen molar-refractivity contribution in [1.82, 2.24) is 0 Å². The van der Waals surface area contributed by atoms with Crippen LogP contribution >= 0.6 is 0 Å². The van der Waals surface area contributed by atoms with Crippen molar-refractivity contribution in [1.29, 1.82) is 0 Å². The summed E-state index contributed by atoms with van der Waals surface area (Å²) in [6.07, 6.45) is 3.40. The maximum atomic E-state index is 10.4. The Bertz CT molecular complexity index is 336. The van der Waals surface area contributed by atoms with Crippen molar-refractivity contribution in [3.8, 4) is 0 Å². The standard InChI is InChI=1S/C10H15NO2S/c1-2-3-4-9-5-7-10(8-6-9)11-14(12)13/h5-8,14H,2-4H2,1H3,(H,11,12,13). The van der Waals surface area contributed by atoms with Gasteiger partial charge in [-0.15, -0.1) is 0 Å². The van der Waals surface area contributed by atoms with Crippen LogP contribution in [0.3, 0.4) is 0 Å². The van der Waals surface area contributed by atoms with E-state index in [0.717, 1.165) is 6.42 Å². The highest BCUT2D eigenvalue weighted by molar-refractivity contribution is 7.73. The zero-order valence-electron chi connectivity index (χ0n) is 8.19. The van der Waals surface area contributed by atoms with Gasteiger partial charge in [0.15, 0.2) is 0 Å². The molecular weight excluding hydrogens is 198 g/mol. The first-order valence-corrected chi connectivity index (χ1v) is 5.90. The lowest BCUT2D eigenvalue weighted by Gasteiger charge is -2.01. The molecule has 0 spiro atoms. The molecule has 0 fully saturated rings. The summed E-state index contributed by atoms with van der Waals surface area (Å²) in [4.78, 5) is 0. The maximum Gasteiger partial charge on any atom is 0.222 e. The van der Waals surface area contributed by atoms with E-state index in [2.05, 4.69) is 11.6 Å². The van der Waals surface area contributed by atoms with Crippen LogP contribution in [0.4, 0.5) is 5.69 Å². The van der Waals surface area contributed by atoms with Crippen LogP contribution < -0.4 is 4.72 Å². The number of thiol groups is 1. The smallest absolute Gasteiger partial charge is 0.222 e. The van der Waals surface area contributed by atoms with Crippen LogP contribution in [0.5, 0.6) is 0 Å². The van der Waals surface area contributed by atoms with Crippen molar-refractivity contribution in [3.05, 3.63) is 29.8 Å². The van der Waals surface area contributed by atoms with Crippen LogP contribution in [0.15, 0.2) is 24.3 Å². The minimum atomic E-state index is -2.55. The number of unbranched alkanes of at least 4 members (excludes halogenated alkanes) is 1. The van der Waals surface area contributed by atoms with E-state index in [0.29, 0.717) is 5.69 Å². The number of hydrogen-bond donors (Lipinski definition) is 2. The number of anilines is 1. The van der Waals surface area contributed by atoms with E-state index in [1.807, 2.05) is 12.1 Å². The van der Waals surface area contributed by atoms with Crippen LogP contribution in [0.25, 0.3) is 0 Å². The highest BCUT2D eigenvalue weighted by Crippen LogP contribution is 2.11. The normalized spacial score (nSPS) is 10.4. The lowest BCUT2D eigenvalue weighted by Crippen LogP contribution is -1.94. The molecule has 3 nitrogen and oxygen atoms in total.